The molecule has 1 saturated heterocycles. The molecule has 1 aromatic heterocycles. The zero-order valence-electron chi connectivity index (χ0n) is 10.6. The second-order valence-electron chi connectivity index (χ2n) is 4.05. The molecule has 1 aliphatic rings. The smallest absolute Gasteiger partial charge is 0.445 e. The van der Waals surface area contributed by atoms with Gasteiger partial charge in [-0.15, -0.1) is 10.2 Å². The minimum Gasteiger partial charge on any atom is -0.464 e. The maximum atomic E-state index is 12.5. The highest BCUT2D eigenvalue weighted by Crippen LogP contribution is 2.35. The molecule has 0 bridgehead atoms. The Morgan fingerprint density at radius 3 is 2.90 bits per heavy atom. The molecular formula is C10H13F3N4O2S. The number of nitrogens with one attached hydrogen (secondary N) is 1. The number of carbonyl (C=O) groups excluding carboxylic acids is 1. The van der Waals surface area contributed by atoms with Crippen LogP contribution in [0.5, 0.6) is 0 Å². The highest BCUT2D eigenvalue weighted by atomic mass is 32.1. The fourth-order valence-electron chi connectivity index (χ4n) is 1.83. The molecule has 1 N–H and O–H groups in total. The number of aromatic nitrogens is 2. The molecule has 2 heterocycles. The van der Waals surface area contributed by atoms with Crippen LogP contribution >= 0.6 is 11.3 Å². The van der Waals surface area contributed by atoms with E-state index in [0.717, 1.165) is 0 Å². The van der Waals surface area contributed by atoms with Crippen molar-refractivity contribution in [2.24, 2.45) is 0 Å². The Balaban J connectivity index is 2.19. The fraction of sp³-hybridized carbons (Fsp3) is 0.700. The first-order chi connectivity index (χ1) is 9.43. The summed E-state index contributed by atoms with van der Waals surface area (Å²) in [7, 11) is 0. The summed E-state index contributed by atoms with van der Waals surface area (Å²) in [5, 5.41) is 8.73. The summed E-state index contributed by atoms with van der Waals surface area (Å²) in [5.41, 5.74) is 0. The molecule has 1 fully saturated rings. The number of nitrogens with zero attached hydrogens (tertiary/aromatic N) is 3. The lowest BCUT2D eigenvalue weighted by atomic mass is 10.2. The molecule has 0 aliphatic carbocycles. The van der Waals surface area contributed by atoms with Gasteiger partial charge in [0, 0.05) is 19.6 Å². The maximum absolute atomic E-state index is 12.5. The van der Waals surface area contributed by atoms with E-state index < -0.39 is 23.2 Å². The number of carbonyl (C=O) groups is 1. The molecule has 0 radical (unpaired) electrons. The van der Waals surface area contributed by atoms with Crippen molar-refractivity contribution < 1.29 is 22.7 Å². The van der Waals surface area contributed by atoms with Gasteiger partial charge in [-0.05, 0) is 6.92 Å². The molecule has 0 spiro atoms. The van der Waals surface area contributed by atoms with Gasteiger partial charge in [-0.1, -0.05) is 11.3 Å². The van der Waals surface area contributed by atoms with E-state index in [2.05, 4.69) is 15.5 Å². The van der Waals surface area contributed by atoms with Crippen molar-refractivity contribution in [3.63, 3.8) is 0 Å². The summed E-state index contributed by atoms with van der Waals surface area (Å²) in [6.07, 6.45) is -4.52. The highest BCUT2D eigenvalue weighted by Gasteiger charge is 2.38. The van der Waals surface area contributed by atoms with Crippen molar-refractivity contribution in [3.05, 3.63) is 5.01 Å². The van der Waals surface area contributed by atoms with Crippen molar-refractivity contribution >= 4 is 22.4 Å². The third kappa shape index (κ3) is 3.18. The number of piperazine rings is 1. The van der Waals surface area contributed by atoms with E-state index in [4.69, 9.17) is 4.74 Å². The van der Waals surface area contributed by atoms with Crippen LogP contribution in [0.3, 0.4) is 0 Å². The minimum atomic E-state index is -4.52. The van der Waals surface area contributed by atoms with Crippen LogP contribution in [0.4, 0.5) is 18.3 Å². The maximum Gasteiger partial charge on any atom is 0.445 e. The van der Waals surface area contributed by atoms with E-state index in [0.29, 0.717) is 31.0 Å². The Hall–Kier alpha value is -1.42. The fourth-order valence-corrected chi connectivity index (χ4v) is 2.62. The monoisotopic (exact) mass is 310 g/mol. The molecule has 20 heavy (non-hydrogen) atoms. The zero-order chi connectivity index (χ0) is 14.8. The van der Waals surface area contributed by atoms with E-state index in [1.807, 2.05) is 0 Å². The molecule has 10 heteroatoms. The summed E-state index contributed by atoms with van der Waals surface area (Å²) in [6.45, 7) is 3.12. The van der Waals surface area contributed by atoms with Crippen LogP contribution in [-0.4, -0.2) is 48.4 Å². The van der Waals surface area contributed by atoms with E-state index in [1.54, 1.807) is 6.92 Å². The third-order valence-electron chi connectivity index (χ3n) is 2.70. The van der Waals surface area contributed by atoms with Gasteiger partial charge in [0.2, 0.25) is 10.1 Å². The van der Waals surface area contributed by atoms with Crippen LogP contribution in [0.1, 0.15) is 11.9 Å². The summed E-state index contributed by atoms with van der Waals surface area (Å²) < 4.78 is 42.5. The molecule has 2 rings (SSSR count). The van der Waals surface area contributed by atoms with Gasteiger partial charge in [-0.25, -0.2) is 4.79 Å². The van der Waals surface area contributed by atoms with E-state index >= 15 is 0 Å². The molecular weight excluding hydrogens is 297 g/mol. The number of rotatable bonds is 3. The van der Waals surface area contributed by atoms with E-state index in [1.165, 1.54) is 4.90 Å². The predicted molar refractivity (Wildman–Crippen MR) is 65.5 cm³/mol. The Morgan fingerprint density at radius 2 is 2.30 bits per heavy atom. The average Bonchev–Trinajstić information content (AvgIpc) is 2.88. The number of hydrogen-bond donors (Lipinski definition) is 1. The lowest BCUT2D eigenvalue weighted by Crippen LogP contribution is -2.55. The molecule has 1 atom stereocenters. The topological polar surface area (TPSA) is 67.3 Å². The zero-order valence-corrected chi connectivity index (χ0v) is 11.4. The van der Waals surface area contributed by atoms with Crippen molar-refractivity contribution in [2.75, 3.05) is 31.1 Å². The van der Waals surface area contributed by atoms with Crippen LogP contribution in [0.15, 0.2) is 0 Å². The largest absolute Gasteiger partial charge is 0.464 e. The Kier molecular flexibility index (Phi) is 4.43. The summed E-state index contributed by atoms with van der Waals surface area (Å²) in [6, 6.07) is -0.683. The van der Waals surface area contributed by atoms with Gasteiger partial charge < -0.3 is 15.0 Å². The Bertz CT molecular complexity index is 479. The van der Waals surface area contributed by atoms with Crippen molar-refractivity contribution in [2.45, 2.75) is 19.1 Å². The van der Waals surface area contributed by atoms with Crippen LogP contribution in [0, 0.1) is 0 Å². The first-order valence-corrected chi connectivity index (χ1v) is 6.79. The van der Waals surface area contributed by atoms with Gasteiger partial charge in [-0.2, -0.15) is 13.2 Å². The van der Waals surface area contributed by atoms with Crippen LogP contribution in [0.2, 0.25) is 0 Å². The van der Waals surface area contributed by atoms with Gasteiger partial charge in [0.05, 0.1) is 6.61 Å². The Morgan fingerprint density at radius 1 is 1.55 bits per heavy atom. The molecule has 1 aromatic rings. The standard InChI is InChI=1S/C10H13F3N4O2S/c1-2-19-7(18)6-5-14-3-4-17(6)9-16-15-8(20-9)10(11,12)13/h6,14H,2-5H2,1H3. The van der Waals surface area contributed by atoms with Crippen molar-refractivity contribution in [1.82, 2.24) is 15.5 Å². The highest BCUT2D eigenvalue weighted by molar-refractivity contribution is 7.15. The van der Waals surface area contributed by atoms with Gasteiger partial charge >= 0.3 is 12.1 Å². The molecule has 0 saturated carbocycles. The SMILES string of the molecule is CCOC(=O)C1CNCCN1c1nnc(C(F)(F)F)s1. The van der Waals surface area contributed by atoms with Crippen molar-refractivity contribution in [3.8, 4) is 0 Å². The van der Waals surface area contributed by atoms with E-state index in [9.17, 15) is 18.0 Å². The first-order valence-electron chi connectivity index (χ1n) is 5.98. The quantitative estimate of drug-likeness (QED) is 0.837. The second kappa shape index (κ2) is 5.92. The van der Waals surface area contributed by atoms with E-state index in [-0.39, 0.29) is 11.7 Å². The van der Waals surface area contributed by atoms with Crippen molar-refractivity contribution in [1.29, 1.82) is 0 Å². The second-order valence-corrected chi connectivity index (χ2v) is 5.01. The summed E-state index contributed by atoms with van der Waals surface area (Å²) in [4.78, 5) is 13.3. The van der Waals surface area contributed by atoms with Gasteiger partial charge in [0.25, 0.3) is 0 Å². The van der Waals surface area contributed by atoms with Gasteiger partial charge in [-0.3, -0.25) is 0 Å². The normalized spacial score (nSPS) is 20.0. The number of anilines is 1. The van der Waals surface area contributed by atoms with Crippen LogP contribution in [-0.2, 0) is 15.7 Å². The Labute approximate surface area is 116 Å². The molecule has 6 nitrogen and oxygen atoms in total. The number of alkyl halides is 3. The number of ether oxygens (including phenoxy) is 1. The summed E-state index contributed by atoms with van der Waals surface area (Å²) >= 11 is 0.429. The van der Waals surface area contributed by atoms with Crippen LogP contribution < -0.4 is 10.2 Å². The van der Waals surface area contributed by atoms with Crippen LogP contribution in [0.25, 0.3) is 0 Å². The summed E-state index contributed by atoms with van der Waals surface area (Å²) in [5.74, 6) is -0.483. The third-order valence-corrected chi connectivity index (χ3v) is 3.71. The van der Waals surface area contributed by atoms with Gasteiger partial charge in [0.1, 0.15) is 6.04 Å². The minimum absolute atomic E-state index is 0.0804. The average molecular weight is 310 g/mol. The number of esters is 1. The first kappa shape index (κ1) is 15.0. The lowest BCUT2D eigenvalue weighted by Gasteiger charge is -2.33. The molecule has 0 aromatic carbocycles. The molecule has 1 aliphatic heterocycles. The molecule has 112 valence electrons. The number of hydrogen-bond acceptors (Lipinski definition) is 7. The molecule has 0 amide bonds. The van der Waals surface area contributed by atoms with Gasteiger partial charge in [0.15, 0.2) is 0 Å². The predicted octanol–water partition coefficient (Wildman–Crippen LogP) is 0.898. The lowest BCUT2D eigenvalue weighted by molar-refractivity contribution is -0.145. The number of halogens is 3. The molecule has 1 unspecified atom stereocenters.